The smallest absolute Gasteiger partial charge is 0.462 e. The Bertz CT molecular complexity index is 952. The van der Waals surface area contributed by atoms with Crippen molar-refractivity contribution in [3.63, 3.8) is 0 Å². The third kappa shape index (κ3) is 3.67. The number of esters is 1. The van der Waals surface area contributed by atoms with E-state index < -0.39 is 12.3 Å². The number of alkyl halides is 3. The lowest BCUT2D eigenvalue weighted by Crippen LogP contribution is -2.16. The number of halogens is 4. The number of nitrogens with one attached hydrogen (secondary N) is 1. The topological polar surface area (TPSA) is 64.2 Å². The molecular formula is C17H12BrF3N2O3. The molecule has 1 N–H and O–H groups in total. The fraction of sp³-hybridized carbons (Fsp3) is 0.176. The van der Waals surface area contributed by atoms with E-state index in [0.717, 1.165) is 0 Å². The molecule has 0 radical (unpaired) electrons. The zero-order valence-corrected chi connectivity index (χ0v) is 14.9. The number of carbonyl (C=O) groups is 1. The van der Waals surface area contributed by atoms with E-state index in [9.17, 15) is 18.0 Å². The standard InChI is InChI=1S/C17H12BrF3N2O3/c1-2-25-16(24)12-7-11(14-15(13(12)18)23-8-22-14)9-3-5-10(6-4-9)26-17(19,20)21/h3-8H,2H2,1H3,(H,22,23). The van der Waals surface area contributed by atoms with Crippen molar-refractivity contribution in [2.45, 2.75) is 13.3 Å². The summed E-state index contributed by atoms with van der Waals surface area (Å²) in [6, 6.07) is 6.95. The summed E-state index contributed by atoms with van der Waals surface area (Å²) >= 11 is 3.35. The van der Waals surface area contributed by atoms with Gasteiger partial charge < -0.3 is 14.5 Å². The first-order chi connectivity index (χ1) is 12.3. The molecule has 1 heterocycles. The zero-order chi connectivity index (χ0) is 18.9. The van der Waals surface area contributed by atoms with E-state index in [4.69, 9.17) is 4.74 Å². The Kier molecular flexibility index (Phi) is 4.90. The molecule has 5 nitrogen and oxygen atoms in total. The summed E-state index contributed by atoms with van der Waals surface area (Å²) in [5.41, 5.74) is 2.61. The number of aromatic nitrogens is 2. The van der Waals surface area contributed by atoms with E-state index in [1.807, 2.05) is 0 Å². The molecule has 0 aliphatic carbocycles. The highest BCUT2D eigenvalue weighted by molar-refractivity contribution is 9.10. The van der Waals surface area contributed by atoms with Crippen molar-refractivity contribution in [2.75, 3.05) is 6.61 Å². The summed E-state index contributed by atoms with van der Waals surface area (Å²) in [6.07, 6.45) is -3.29. The van der Waals surface area contributed by atoms with E-state index in [1.54, 1.807) is 13.0 Å². The van der Waals surface area contributed by atoms with Gasteiger partial charge in [-0.3, -0.25) is 0 Å². The molecule has 0 atom stereocenters. The fourth-order valence-electron chi connectivity index (χ4n) is 2.49. The second-order valence-corrected chi connectivity index (χ2v) is 6.00. The first-order valence-corrected chi connectivity index (χ1v) is 8.28. The number of ether oxygens (including phenoxy) is 2. The van der Waals surface area contributed by atoms with E-state index in [2.05, 4.69) is 30.6 Å². The average Bonchev–Trinajstić information content (AvgIpc) is 3.05. The van der Waals surface area contributed by atoms with Gasteiger partial charge in [0.1, 0.15) is 11.3 Å². The van der Waals surface area contributed by atoms with Gasteiger partial charge in [0.2, 0.25) is 0 Å². The first-order valence-electron chi connectivity index (χ1n) is 7.49. The van der Waals surface area contributed by atoms with Crippen molar-refractivity contribution in [3.8, 4) is 16.9 Å². The average molecular weight is 429 g/mol. The highest BCUT2D eigenvalue weighted by Crippen LogP contribution is 2.35. The van der Waals surface area contributed by atoms with Gasteiger partial charge in [-0.2, -0.15) is 0 Å². The molecule has 136 valence electrons. The number of benzene rings is 2. The maximum absolute atomic E-state index is 12.3. The van der Waals surface area contributed by atoms with Crippen LogP contribution in [0.2, 0.25) is 0 Å². The van der Waals surface area contributed by atoms with Crippen molar-refractivity contribution < 1.29 is 27.4 Å². The second-order valence-electron chi connectivity index (χ2n) is 5.20. The number of hydrogen-bond acceptors (Lipinski definition) is 4. The lowest BCUT2D eigenvalue weighted by Gasteiger charge is -2.11. The number of H-pyrrole nitrogens is 1. The summed E-state index contributed by atoms with van der Waals surface area (Å²) in [5.74, 6) is -0.854. The number of hydrogen-bond donors (Lipinski definition) is 1. The fourth-order valence-corrected chi connectivity index (χ4v) is 3.07. The lowest BCUT2D eigenvalue weighted by atomic mass is 10.0. The molecule has 0 saturated heterocycles. The van der Waals surface area contributed by atoms with E-state index in [-0.39, 0.29) is 17.9 Å². The van der Waals surface area contributed by atoms with Crippen LogP contribution in [0, 0.1) is 0 Å². The molecule has 0 aliphatic heterocycles. The van der Waals surface area contributed by atoms with E-state index in [0.29, 0.717) is 26.6 Å². The molecule has 0 amide bonds. The van der Waals surface area contributed by atoms with Crippen molar-refractivity contribution >= 4 is 32.9 Å². The molecule has 9 heteroatoms. The Labute approximate surface area is 154 Å². The normalized spacial score (nSPS) is 11.6. The SMILES string of the molecule is CCOC(=O)c1cc(-c2ccc(OC(F)(F)F)cc2)c2[nH]cnc2c1Br. The Morgan fingerprint density at radius 1 is 1.27 bits per heavy atom. The van der Waals surface area contributed by atoms with E-state index in [1.165, 1.54) is 30.6 Å². The zero-order valence-electron chi connectivity index (χ0n) is 13.4. The first kappa shape index (κ1) is 18.2. The molecule has 0 fully saturated rings. The second kappa shape index (κ2) is 6.99. The molecule has 0 bridgehead atoms. The minimum absolute atomic E-state index is 0.211. The summed E-state index contributed by atoms with van der Waals surface area (Å²) in [6.45, 7) is 1.90. The Morgan fingerprint density at radius 3 is 2.58 bits per heavy atom. The molecule has 0 saturated carbocycles. The van der Waals surface area contributed by atoms with Crippen LogP contribution in [-0.2, 0) is 4.74 Å². The van der Waals surface area contributed by atoms with Crippen LogP contribution in [0.4, 0.5) is 13.2 Å². The highest BCUT2D eigenvalue weighted by atomic mass is 79.9. The van der Waals surface area contributed by atoms with Crippen LogP contribution in [0.25, 0.3) is 22.2 Å². The summed E-state index contributed by atoms with van der Waals surface area (Å²) in [5, 5.41) is 0. The minimum atomic E-state index is -4.76. The number of aromatic amines is 1. The summed E-state index contributed by atoms with van der Waals surface area (Å²) in [7, 11) is 0. The van der Waals surface area contributed by atoms with Crippen LogP contribution in [0.3, 0.4) is 0 Å². The predicted octanol–water partition coefficient (Wildman–Crippen LogP) is 5.07. The van der Waals surface area contributed by atoms with Crippen LogP contribution >= 0.6 is 15.9 Å². The van der Waals surface area contributed by atoms with Crippen molar-refractivity contribution in [1.82, 2.24) is 9.97 Å². The Balaban J connectivity index is 2.08. The van der Waals surface area contributed by atoms with Crippen LogP contribution in [0.15, 0.2) is 41.1 Å². The Morgan fingerprint density at radius 2 is 1.96 bits per heavy atom. The Hall–Kier alpha value is -2.55. The van der Waals surface area contributed by atoms with E-state index >= 15 is 0 Å². The van der Waals surface area contributed by atoms with Crippen LogP contribution in [0.5, 0.6) is 5.75 Å². The maximum atomic E-state index is 12.3. The predicted molar refractivity (Wildman–Crippen MR) is 91.9 cm³/mol. The molecule has 1 aromatic heterocycles. The number of imidazole rings is 1. The van der Waals surface area contributed by atoms with Gasteiger partial charge >= 0.3 is 12.3 Å². The molecule has 26 heavy (non-hydrogen) atoms. The number of rotatable bonds is 4. The molecule has 2 aromatic carbocycles. The summed E-state index contributed by atoms with van der Waals surface area (Å²) in [4.78, 5) is 19.4. The van der Waals surface area contributed by atoms with Gasteiger partial charge in [-0.1, -0.05) is 12.1 Å². The van der Waals surface area contributed by atoms with Gasteiger partial charge in [0.25, 0.3) is 0 Å². The van der Waals surface area contributed by atoms with Gasteiger partial charge in [-0.15, -0.1) is 13.2 Å². The molecule has 0 aliphatic rings. The molecule has 0 unspecified atom stereocenters. The van der Waals surface area contributed by atoms with Crippen molar-refractivity contribution in [2.24, 2.45) is 0 Å². The van der Waals surface area contributed by atoms with Gasteiger partial charge in [0.05, 0.1) is 28.5 Å². The number of nitrogens with zero attached hydrogens (tertiary/aromatic N) is 1. The summed E-state index contributed by atoms with van der Waals surface area (Å²) < 4.78 is 46.3. The van der Waals surface area contributed by atoms with Gasteiger partial charge in [0, 0.05) is 5.56 Å². The highest BCUT2D eigenvalue weighted by Gasteiger charge is 2.31. The van der Waals surface area contributed by atoms with Crippen molar-refractivity contribution in [3.05, 3.63) is 46.7 Å². The van der Waals surface area contributed by atoms with Gasteiger partial charge in [-0.25, -0.2) is 9.78 Å². The maximum Gasteiger partial charge on any atom is 0.573 e. The van der Waals surface area contributed by atoms with Gasteiger partial charge in [0.15, 0.2) is 0 Å². The lowest BCUT2D eigenvalue weighted by molar-refractivity contribution is -0.274. The minimum Gasteiger partial charge on any atom is -0.462 e. The van der Waals surface area contributed by atoms with Crippen molar-refractivity contribution in [1.29, 1.82) is 0 Å². The molecule has 3 rings (SSSR count). The molecular weight excluding hydrogens is 417 g/mol. The third-order valence-corrected chi connectivity index (χ3v) is 4.34. The quantitative estimate of drug-likeness (QED) is 0.589. The molecule has 3 aromatic rings. The van der Waals surface area contributed by atoms with Crippen LogP contribution < -0.4 is 4.74 Å². The van der Waals surface area contributed by atoms with Crippen LogP contribution in [0.1, 0.15) is 17.3 Å². The largest absolute Gasteiger partial charge is 0.573 e. The van der Waals surface area contributed by atoms with Crippen LogP contribution in [-0.4, -0.2) is 28.9 Å². The number of fused-ring (bicyclic) bond motifs is 1. The number of carbonyl (C=O) groups excluding carboxylic acids is 1. The van der Waals surface area contributed by atoms with Gasteiger partial charge in [-0.05, 0) is 46.6 Å². The monoisotopic (exact) mass is 428 g/mol. The third-order valence-electron chi connectivity index (χ3n) is 3.54. The molecule has 0 spiro atoms.